The lowest BCUT2D eigenvalue weighted by Gasteiger charge is -2.36. The van der Waals surface area contributed by atoms with Crippen LogP contribution in [0.3, 0.4) is 0 Å². The van der Waals surface area contributed by atoms with Crippen molar-refractivity contribution in [1.29, 1.82) is 0 Å². The summed E-state index contributed by atoms with van der Waals surface area (Å²) in [4.78, 5) is 12.4. The number of nitrogens with zero attached hydrogens (tertiary/aromatic N) is 1. The van der Waals surface area contributed by atoms with Gasteiger partial charge in [0.15, 0.2) is 0 Å². The fraction of sp³-hybridized carbons (Fsp3) is 0.500. The third kappa shape index (κ3) is 3.29. The maximum Gasteiger partial charge on any atom is 0.335 e. The zero-order chi connectivity index (χ0) is 14.0. The van der Waals surface area contributed by atoms with Crippen molar-refractivity contribution in [1.82, 2.24) is 4.90 Å². The minimum atomic E-state index is -2.64. The molecule has 0 bridgehead atoms. The molecule has 1 heterocycles. The van der Waals surface area contributed by atoms with Crippen molar-refractivity contribution < 1.29 is 18.7 Å². The second-order valence-electron chi connectivity index (χ2n) is 5.16. The van der Waals surface area contributed by atoms with Gasteiger partial charge in [-0.15, -0.1) is 0 Å². The van der Waals surface area contributed by atoms with E-state index in [1.54, 1.807) is 24.0 Å². The molecule has 1 atom stereocenters. The summed E-state index contributed by atoms with van der Waals surface area (Å²) in [5, 5.41) is 8.79. The largest absolute Gasteiger partial charge is 0.478 e. The van der Waals surface area contributed by atoms with Gasteiger partial charge in [0.05, 0.1) is 12.1 Å². The smallest absolute Gasteiger partial charge is 0.335 e. The first-order valence-corrected chi connectivity index (χ1v) is 6.31. The van der Waals surface area contributed by atoms with Crippen LogP contribution in [0.15, 0.2) is 24.3 Å². The second kappa shape index (κ2) is 5.25. The number of aromatic carboxylic acids is 1. The molecule has 19 heavy (non-hydrogen) atoms. The molecule has 0 amide bonds. The predicted octanol–water partition coefficient (Wildman–Crippen LogP) is 2.86. The molecule has 0 radical (unpaired) electrons. The Hall–Kier alpha value is -1.49. The number of halogens is 2. The highest BCUT2D eigenvalue weighted by molar-refractivity contribution is 5.87. The molecule has 1 aromatic rings. The lowest BCUT2D eigenvalue weighted by Crippen LogP contribution is -2.47. The van der Waals surface area contributed by atoms with Gasteiger partial charge in [-0.2, -0.15) is 0 Å². The van der Waals surface area contributed by atoms with E-state index in [1.807, 2.05) is 0 Å². The van der Waals surface area contributed by atoms with E-state index >= 15 is 0 Å². The molecule has 0 aromatic heterocycles. The fourth-order valence-electron chi connectivity index (χ4n) is 2.27. The first-order valence-electron chi connectivity index (χ1n) is 6.31. The van der Waals surface area contributed by atoms with Crippen LogP contribution in [0, 0.1) is 5.92 Å². The minimum Gasteiger partial charge on any atom is -0.478 e. The number of hydrogen-bond donors (Lipinski definition) is 1. The van der Waals surface area contributed by atoms with Gasteiger partial charge in [0.2, 0.25) is 0 Å². The summed E-state index contributed by atoms with van der Waals surface area (Å²) in [5.74, 6) is -4.19. The Morgan fingerprint density at radius 3 is 2.58 bits per heavy atom. The molecule has 0 saturated carbocycles. The van der Waals surface area contributed by atoms with E-state index in [-0.39, 0.29) is 12.1 Å². The zero-order valence-electron chi connectivity index (χ0n) is 10.8. The van der Waals surface area contributed by atoms with Crippen LogP contribution in [0.5, 0.6) is 0 Å². The van der Waals surface area contributed by atoms with E-state index in [4.69, 9.17) is 5.11 Å². The van der Waals surface area contributed by atoms with Crippen molar-refractivity contribution in [3.8, 4) is 0 Å². The van der Waals surface area contributed by atoms with Gasteiger partial charge in [0.1, 0.15) is 0 Å². The molecule has 1 N–H and O–H groups in total. The number of alkyl halides is 2. The van der Waals surface area contributed by atoms with Crippen LogP contribution < -0.4 is 0 Å². The number of likely N-dealkylation sites (tertiary alicyclic amines) is 1. The molecule has 5 heteroatoms. The summed E-state index contributed by atoms with van der Waals surface area (Å²) >= 11 is 0. The molecule has 1 saturated heterocycles. The predicted molar refractivity (Wildman–Crippen MR) is 67.4 cm³/mol. The SMILES string of the molecule is CC1CCN(Cc2ccc(C(=O)O)cc2)CC1(F)F. The van der Waals surface area contributed by atoms with Crippen LogP contribution in [-0.4, -0.2) is 35.0 Å². The van der Waals surface area contributed by atoms with Gasteiger partial charge in [-0.25, -0.2) is 13.6 Å². The van der Waals surface area contributed by atoms with Gasteiger partial charge >= 0.3 is 5.97 Å². The summed E-state index contributed by atoms with van der Waals surface area (Å²) in [6, 6.07) is 6.37. The average Bonchev–Trinajstić information content (AvgIpc) is 2.34. The summed E-state index contributed by atoms with van der Waals surface area (Å²) < 4.78 is 27.2. The van der Waals surface area contributed by atoms with Crippen molar-refractivity contribution in [2.24, 2.45) is 5.92 Å². The highest BCUT2D eigenvalue weighted by atomic mass is 19.3. The van der Waals surface area contributed by atoms with Gasteiger partial charge < -0.3 is 5.11 Å². The van der Waals surface area contributed by atoms with Crippen LogP contribution in [-0.2, 0) is 6.54 Å². The molecule has 1 aliphatic rings. The standard InChI is InChI=1S/C14H17F2NO2/c1-10-6-7-17(9-14(10,15)16)8-11-2-4-12(5-3-11)13(18)19/h2-5,10H,6-9H2,1H3,(H,18,19). The summed E-state index contributed by atoms with van der Waals surface area (Å²) in [6.45, 7) is 2.44. The van der Waals surface area contributed by atoms with Crippen LogP contribution in [0.2, 0.25) is 0 Å². The molecule has 0 spiro atoms. The molecular weight excluding hydrogens is 252 g/mol. The molecule has 0 aliphatic carbocycles. The van der Waals surface area contributed by atoms with Gasteiger partial charge in [0, 0.05) is 12.5 Å². The number of carboxylic acids is 1. The Bertz CT molecular complexity index is 459. The fourth-order valence-corrected chi connectivity index (χ4v) is 2.27. The lowest BCUT2D eigenvalue weighted by atomic mass is 9.94. The first kappa shape index (κ1) is 13.9. The van der Waals surface area contributed by atoms with E-state index < -0.39 is 17.8 Å². The molecule has 2 rings (SSSR count). The van der Waals surface area contributed by atoms with Crippen molar-refractivity contribution in [2.75, 3.05) is 13.1 Å². The van der Waals surface area contributed by atoms with E-state index in [0.29, 0.717) is 19.5 Å². The van der Waals surface area contributed by atoms with Crippen molar-refractivity contribution in [2.45, 2.75) is 25.8 Å². The molecular formula is C14H17F2NO2. The van der Waals surface area contributed by atoms with E-state index in [2.05, 4.69) is 0 Å². The van der Waals surface area contributed by atoms with Crippen LogP contribution in [0.4, 0.5) is 8.78 Å². The maximum absolute atomic E-state index is 13.6. The molecule has 104 valence electrons. The normalized spacial score (nSPS) is 23.2. The van der Waals surface area contributed by atoms with Gasteiger partial charge in [-0.1, -0.05) is 19.1 Å². The number of rotatable bonds is 3. The number of carbonyl (C=O) groups is 1. The van der Waals surface area contributed by atoms with Gasteiger partial charge in [0.25, 0.3) is 5.92 Å². The number of benzene rings is 1. The van der Waals surface area contributed by atoms with Crippen molar-refractivity contribution >= 4 is 5.97 Å². The van der Waals surface area contributed by atoms with E-state index in [0.717, 1.165) is 5.56 Å². The van der Waals surface area contributed by atoms with E-state index in [1.165, 1.54) is 12.1 Å². The Morgan fingerprint density at radius 2 is 2.05 bits per heavy atom. The molecule has 3 nitrogen and oxygen atoms in total. The minimum absolute atomic E-state index is 0.210. The molecule has 1 aliphatic heterocycles. The number of carboxylic acid groups (broad SMARTS) is 1. The van der Waals surface area contributed by atoms with Crippen molar-refractivity contribution in [3.05, 3.63) is 35.4 Å². The molecule has 1 aromatic carbocycles. The average molecular weight is 269 g/mol. The van der Waals surface area contributed by atoms with Gasteiger partial charge in [-0.05, 0) is 30.7 Å². The Kier molecular flexibility index (Phi) is 3.85. The zero-order valence-corrected chi connectivity index (χ0v) is 10.8. The molecule has 1 fully saturated rings. The van der Waals surface area contributed by atoms with Crippen LogP contribution >= 0.6 is 0 Å². The Morgan fingerprint density at radius 1 is 1.42 bits per heavy atom. The monoisotopic (exact) mass is 269 g/mol. The first-order chi connectivity index (χ1) is 8.88. The highest BCUT2D eigenvalue weighted by Gasteiger charge is 2.41. The maximum atomic E-state index is 13.6. The Balaban J connectivity index is 2.00. The van der Waals surface area contributed by atoms with Crippen LogP contribution in [0.1, 0.15) is 29.3 Å². The quantitative estimate of drug-likeness (QED) is 0.917. The van der Waals surface area contributed by atoms with Crippen molar-refractivity contribution in [3.63, 3.8) is 0 Å². The summed E-state index contributed by atoms with van der Waals surface area (Å²) in [6.07, 6.45) is 0.486. The number of piperidine rings is 1. The second-order valence-corrected chi connectivity index (χ2v) is 5.16. The summed E-state index contributed by atoms with van der Waals surface area (Å²) in [5.41, 5.74) is 1.07. The lowest BCUT2D eigenvalue weighted by molar-refractivity contribution is -0.106. The van der Waals surface area contributed by atoms with Gasteiger partial charge in [-0.3, -0.25) is 4.90 Å². The van der Waals surface area contributed by atoms with E-state index in [9.17, 15) is 13.6 Å². The third-order valence-corrected chi connectivity index (χ3v) is 3.64. The Labute approximate surface area is 110 Å². The number of hydrogen-bond acceptors (Lipinski definition) is 2. The summed E-state index contributed by atoms with van der Waals surface area (Å²) in [7, 11) is 0. The highest BCUT2D eigenvalue weighted by Crippen LogP contribution is 2.32. The third-order valence-electron chi connectivity index (χ3n) is 3.64. The topological polar surface area (TPSA) is 40.5 Å². The van der Waals surface area contributed by atoms with Crippen LogP contribution in [0.25, 0.3) is 0 Å². The molecule has 1 unspecified atom stereocenters.